The first-order valence-electron chi connectivity index (χ1n) is 19.4. The molecular formula is C46H28. The van der Waals surface area contributed by atoms with Gasteiger partial charge >= 0.3 is 0 Å². The van der Waals surface area contributed by atoms with Crippen LogP contribution in [0.1, 0.15) is 11.0 Å². The van der Waals surface area contributed by atoms with Gasteiger partial charge in [0, 0.05) is 0 Å². The summed E-state index contributed by atoms with van der Waals surface area (Å²) >= 11 is 0. The van der Waals surface area contributed by atoms with Crippen LogP contribution in [0.3, 0.4) is 0 Å². The van der Waals surface area contributed by atoms with Crippen molar-refractivity contribution in [2.75, 3.05) is 0 Å². The van der Waals surface area contributed by atoms with E-state index in [2.05, 4.69) is 36.4 Å². The summed E-state index contributed by atoms with van der Waals surface area (Å²) in [5.41, 5.74) is 1.93. The number of fused-ring (bicyclic) bond motifs is 11. The van der Waals surface area contributed by atoms with Crippen molar-refractivity contribution in [3.8, 4) is 22.3 Å². The molecule has 0 unspecified atom stereocenters. The van der Waals surface area contributed by atoms with E-state index in [-0.39, 0.29) is 45.7 Å². The summed E-state index contributed by atoms with van der Waals surface area (Å²) in [5, 5.41) is 10.4. The molecule has 0 nitrogen and oxygen atoms in total. The molecule has 0 aliphatic rings. The van der Waals surface area contributed by atoms with E-state index in [0.717, 1.165) is 53.9 Å². The summed E-state index contributed by atoms with van der Waals surface area (Å²) in [6, 6.07) is 37.1. The van der Waals surface area contributed by atoms with E-state index in [1.165, 1.54) is 0 Å². The van der Waals surface area contributed by atoms with Crippen LogP contribution in [0.2, 0.25) is 0 Å². The van der Waals surface area contributed by atoms with Gasteiger partial charge in [0.1, 0.15) is 0 Å². The van der Waals surface area contributed by atoms with Crippen LogP contribution in [0, 0.1) is 0 Å². The molecule has 212 valence electrons. The van der Waals surface area contributed by atoms with Gasteiger partial charge in [0.25, 0.3) is 0 Å². The minimum atomic E-state index is -0.417. The minimum Gasteiger partial charge on any atom is -0.0616 e. The fourth-order valence-corrected chi connectivity index (χ4v) is 7.58. The maximum Gasteiger partial charge on any atom is 0.0629 e. The van der Waals surface area contributed by atoms with Crippen molar-refractivity contribution in [1.82, 2.24) is 0 Å². The molecule has 0 aliphatic heterocycles. The molecule has 0 N–H and O–H groups in total. The Morgan fingerprint density at radius 2 is 0.717 bits per heavy atom. The molecule has 0 radical (unpaired) electrons. The molecule has 10 rings (SSSR count). The van der Waals surface area contributed by atoms with Gasteiger partial charge < -0.3 is 0 Å². The quantitative estimate of drug-likeness (QED) is 0.139. The summed E-state index contributed by atoms with van der Waals surface area (Å²) in [5.74, 6) is 0. The lowest BCUT2D eigenvalue weighted by molar-refractivity contribution is 1.69. The summed E-state index contributed by atoms with van der Waals surface area (Å²) in [4.78, 5) is 0. The van der Waals surface area contributed by atoms with Gasteiger partial charge in [0.2, 0.25) is 0 Å². The Kier molecular flexibility index (Phi) is 3.98. The highest BCUT2D eigenvalue weighted by molar-refractivity contribution is 6.34. The van der Waals surface area contributed by atoms with Gasteiger partial charge in [-0.25, -0.2) is 0 Å². The van der Waals surface area contributed by atoms with Gasteiger partial charge in [0.05, 0.1) is 11.0 Å². The molecule has 10 aromatic carbocycles. The van der Waals surface area contributed by atoms with Crippen molar-refractivity contribution < 1.29 is 11.0 Å². The maximum atomic E-state index is 9.56. The Hall–Kier alpha value is -5.98. The van der Waals surface area contributed by atoms with Gasteiger partial charge in [-0.15, -0.1) is 0 Å². The van der Waals surface area contributed by atoms with Gasteiger partial charge in [-0.05, 0) is 104 Å². The lowest BCUT2D eigenvalue weighted by Crippen LogP contribution is -1.93. The first-order chi connectivity index (χ1) is 26.2. The molecule has 0 aromatic heterocycles. The Balaban J connectivity index is 1.55. The van der Waals surface area contributed by atoms with E-state index in [0.29, 0.717) is 22.3 Å². The molecule has 10 aromatic rings. The van der Waals surface area contributed by atoms with Crippen molar-refractivity contribution in [2.45, 2.75) is 0 Å². The van der Waals surface area contributed by atoms with Crippen LogP contribution in [-0.4, -0.2) is 0 Å². The first-order valence-corrected chi connectivity index (χ1v) is 15.4. The molecule has 46 heavy (non-hydrogen) atoms. The summed E-state index contributed by atoms with van der Waals surface area (Å²) in [6.45, 7) is 0. The second-order valence-corrected chi connectivity index (χ2v) is 11.8. The van der Waals surface area contributed by atoms with Crippen LogP contribution < -0.4 is 0 Å². The standard InChI is InChI=1S/C46H28/c1-2-16-30-29(14-1)15-13-27-35(30)44-38-23-9-11-25-40(38)46(41-26-12-10-24-39(41)44)43-28-42-33-19-4-3-17-31(33)32-18-5-7-21-36(32)45(42)37-22-8-6-20-34(37)43/h1-28H/i9D,10D,11D,12D,23D,24D,25D,26D. The normalized spacial score (nSPS) is 14.3. The summed E-state index contributed by atoms with van der Waals surface area (Å²) in [6.07, 6.45) is 0. The highest BCUT2D eigenvalue weighted by Crippen LogP contribution is 2.49. The molecule has 0 fully saturated rings. The maximum absolute atomic E-state index is 9.56. The fraction of sp³-hybridized carbons (Fsp3) is 0. The summed E-state index contributed by atoms with van der Waals surface area (Å²) < 4.78 is 73.8. The van der Waals surface area contributed by atoms with Gasteiger partial charge in [-0.3, -0.25) is 0 Å². The van der Waals surface area contributed by atoms with Crippen LogP contribution in [0.5, 0.6) is 0 Å². The van der Waals surface area contributed by atoms with Crippen LogP contribution in [0.25, 0.3) is 97.7 Å². The van der Waals surface area contributed by atoms with E-state index in [1.54, 1.807) is 0 Å². The molecule has 0 amide bonds. The van der Waals surface area contributed by atoms with E-state index < -0.39 is 24.2 Å². The zero-order chi connectivity index (χ0) is 37.2. The Labute approximate surface area is 278 Å². The second kappa shape index (κ2) is 9.76. The Bertz CT molecular complexity index is 3230. The SMILES string of the molecule is [2H]c1c([2H])c([2H])c2c(-c3cc4c5ccccc5c5ccccc5c4c4ccccc34)c3c([2H])c([2H])c([2H])c([2H])c3c(-c3cccc4ccccc34)c2c1[2H]. The highest BCUT2D eigenvalue weighted by Gasteiger charge is 2.21. The van der Waals surface area contributed by atoms with Crippen LogP contribution >= 0.6 is 0 Å². The van der Waals surface area contributed by atoms with E-state index in [9.17, 15) is 5.48 Å². The predicted octanol–water partition coefficient (Wildman–Crippen LogP) is 13.1. The molecule has 0 atom stereocenters. The smallest absolute Gasteiger partial charge is 0.0616 e. The lowest BCUT2D eigenvalue weighted by Gasteiger charge is -2.21. The third-order valence-corrected chi connectivity index (χ3v) is 9.45. The molecule has 0 saturated carbocycles. The average molecular weight is 589 g/mol. The van der Waals surface area contributed by atoms with Crippen LogP contribution in [-0.2, 0) is 0 Å². The van der Waals surface area contributed by atoms with E-state index in [4.69, 9.17) is 5.48 Å². The molecule has 0 heterocycles. The van der Waals surface area contributed by atoms with E-state index in [1.807, 2.05) is 84.9 Å². The molecule has 0 heteroatoms. The summed E-state index contributed by atoms with van der Waals surface area (Å²) in [7, 11) is 0. The minimum absolute atomic E-state index is 0.205. The first kappa shape index (κ1) is 18.7. The van der Waals surface area contributed by atoms with E-state index >= 15 is 0 Å². The fourth-order valence-electron chi connectivity index (χ4n) is 7.58. The Morgan fingerprint density at radius 3 is 1.33 bits per heavy atom. The Morgan fingerprint density at radius 1 is 0.304 bits per heavy atom. The lowest BCUT2D eigenvalue weighted by atomic mass is 9.82. The largest absolute Gasteiger partial charge is 0.0629 e. The molecule has 0 spiro atoms. The van der Waals surface area contributed by atoms with Crippen molar-refractivity contribution in [1.29, 1.82) is 0 Å². The van der Waals surface area contributed by atoms with Gasteiger partial charge in [-0.1, -0.05) is 164 Å². The van der Waals surface area contributed by atoms with Crippen LogP contribution in [0.4, 0.5) is 0 Å². The van der Waals surface area contributed by atoms with Gasteiger partial charge in [-0.2, -0.15) is 0 Å². The monoisotopic (exact) mass is 588 g/mol. The third-order valence-electron chi connectivity index (χ3n) is 9.45. The zero-order valence-corrected chi connectivity index (χ0v) is 24.5. The molecule has 0 saturated heterocycles. The molecule has 0 bridgehead atoms. The number of hydrogen-bond donors (Lipinski definition) is 0. The number of hydrogen-bond acceptors (Lipinski definition) is 0. The van der Waals surface area contributed by atoms with Crippen molar-refractivity contribution in [2.24, 2.45) is 0 Å². The van der Waals surface area contributed by atoms with Crippen molar-refractivity contribution >= 4 is 75.4 Å². The molecular weight excluding hydrogens is 553 g/mol. The number of benzene rings is 10. The highest BCUT2D eigenvalue weighted by atomic mass is 14.2. The second-order valence-electron chi connectivity index (χ2n) is 11.8. The predicted molar refractivity (Wildman–Crippen MR) is 200 cm³/mol. The zero-order valence-electron chi connectivity index (χ0n) is 32.5. The average Bonchev–Trinajstić information content (AvgIpc) is 3.21. The van der Waals surface area contributed by atoms with Crippen molar-refractivity contribution in [3.63, 3.8) is 0 Å². The third kappa shape index (κ3) is 3.50. The van der Waals surface area contributed by atoms with Gasteiger partial charge in [0.15, 0.2) is 0 Å². The van der Waals surface area contributed by atoms with Crippen LogP contribution in [0.15, 0.2) is 170 Å². The number of rotatable bonds is 2. The molecule has 0 aliphatic carbocycles. The van der Waals surface area contributed by atoms with Crippen molar-refractivity contribution in [3.05, 3.63) is 170 Å². The topological polar surface area (TPSA) is 0 Å².